The first-order valence-corrected chi connectivity index (χ1v) is 5.79. The zero-order valence-corrected chi connectivity index (χ0v) is 10.2. The number of ketones is 1. The monoisotopic (exact) mass is 233 g/mol. The number of rotatable bonds is 2. The molecule has 0 aromatic heterocycles. The summed E-state index contributed by atoms with van der Waals surface area (Å²) in [5.41, 5.74) is 2.11. The van der Waals surface area contributed by atoms with Gasteiger partial charge in [-0.2, -0.15) is 0 Å². The molecule has 0 saturated heterocycles. The van der Waals surface area contributed by atoms with Crippen molar-refractivity contribution >= 4 is 18.6 Å². The third kappa shape index (κ3) is 2.36. The first-order chi connectivity index (χ1) is 7.68. The summed E-state index contributed by atoms with van der Waals surface area (Å²) in [6, 6.07) is 10.5. The lowest BCUT2D eigenvalue weighted by molar-refractivity contribution is -0.113. The van der Waals surface area contributed by atoms with Gasteiger partial charge in [0.05, 0.1) is 0 Å². The van der Waals surface area contributed by atoms with Gasteiger partial charge in [-0.1, -0.05) is 49.2 Å². The van der Waals surface area contributed by atoms with Crippen LogP contribution in [0.25, 0.3) is 0 Å². The van der Waals surface area contributed by atoms with Crippen LogP contribution in [0.15, 0.2) is 42.0 Å². The zero-order valence-electron chi connectivity index (χ0n) is 9.26. The van der Waals surface area contributed by atoms with E-state index in [1.165, 1.54) is 5.56 Å². The van der Waals surface area contributed by atoms with E-state index >= 15 is 0 Å². The number of nitrogens with zero attached hydrogens (tertiary/aromatic N) is 1. The minimum Gasteiger partial charge on any atom is -0.295 e. The van der Waals surface area contributed by atoms with Gasteiger partial charge in [0.1, 0.15) is 0 Å². The lowest BCUT2D eigenvalue weighted by Crippen LogP contribution is -2.27. The normalized spacial score (nSPS) is 21.6. The van der Waals surface area contributed by atoms with Crippen LogP contribution in [0, 0.1) is 0 Å². The van der Waals surface area contributed by atoms with Crippen LogP contribution in [0.3, 0.4) is 0 Å². The highest BCUT2D eigenvalue weighted by Crippen LogP contribution is 2.31. The Hall–Kier alpha value is -1.06. The van der Waals surface area contributed by atoms with Gasteiger partial charge in [-0.3, -0.25) is 4.79 Å². The van der Waals surface area contributed by atoms with E-state index in [9.17, 15) is 4.79 Å². The Morgan fingerprint density at radius 2 is 2.06 bits per heavy atom. The Morgan fingerprint density at radius 1 is 1.38 bits per heavy atom. The van der Waals surface area contributed by atoms with Gasteiger partial charge in [0.15, 0.2) is 5.78 Å². The molecule has 0 fully saturated rings. The molecule has 0 saturated carbocycles. The molecule has 1 aliphatic heterocycles. The summed E-state index contributed by atoms with van der Waals surface area (Å²) in [5, 5.41) is 0. The molecule has 2 rings (SSSR count). The van der Waals surface area contributed by atoms with E-state index in [1.807, 2.05) is 28.6 Å². The van der Waals surface area contributed by atoms with Crippen molar-refractivity contribution in [1.82, 2.24) is 4.31 Å². The van der Waals surface area contributed by atoms with Crippen molar-refractivity contribution in [2.45, 2.75) is 19.4 Å². The lowest BCUT2D eigenvalue weighted by atomic mass is 9.97. The number of thiol groups is 1. The van der Waals surface area contributed by atoms with Crippen LogP contribution in [0.5, 0.6) is 0 Å². The fraction of sp³-hybridized carbons (Fsp3) is 0.308. The van der Waals surface area contributed by atoms with Crippen LogP contribution in [0.1, 0.15) is 24.9 Å². The molecule has 1 aromatic carbocycles. The molecule has 0 aliphatic carbocycles. The fourth-order valence-corrected chi connectivity index (χ4v) is 2.34. The van der Waals surface area contributed by atoms with E-state index in [2.05, 4.69) is 24.9 Å². The standard InChI is InChI=1S/C13H15NOS/c1-10(15)12-7-8-13(14(16)9-12)11-5-3-2-4-6-11/h2-7,13,16H,8-9H2,1H3. The summed E-state index contributed by atoms with van der Waals surface area (Å²) in [5.74, 6) is 0.144. The van der Waals surface area contributed by atoms with E-state index in [0.29, 0.717) is 6.54 Å². The third-order valence-electron chi connectivity index (χ3n) is 2.92. The Labute approximate surface area is 102 Å². The number of carbonyl (C=O) groups excluding carboxylic acids is 1. The number of hydrogen-bond acceptors (Lipinski definition) is 3. The maximum atomic E-state index is 11.3. The predicted molar refractivity (Wildman–Crippen MR) is 68.3 cm³/mol. The first-order valence-electron chi connectivity index (χ1n) is 5.39. The maximum Gasteiger partial charge on any atom is 0.156 e. The van der Waals surface area contributed by atoms with E-state index in [1.54, 1.807) is 6.92 Å². The minimum absolute atomic E-state index is 0.144. The largest absolute Gasteiger partial charge is 0.295 e. The molecule has 0 spiro atoms. The highest BCUT2D eigenvalue weighted by molar-refractivity contribution is 7.77. The van der Waals surface area contributed by atoms with Crippen LogP contribution >= 0.6 is 12.8 Å². The van der Waals surface area contributed by atoms with Gasteiger partial charge in [-0.25, -0.2) is 4.31 Å². The molecule has 16 heavy (non-hydrogen) atoms. The van der Waals surface area contributed by atoms with E-state index in [0.717, 1.165) is 12.0 Å². The molecular weight excluding hydrogens is 218 g/mol. The third-order valence-corrected chi connectivity index (χ3v) is 3.34. The number of benzene rings is 1. The molecule has 3 heteroatoms. The summed E-state index contributed by atoms with van der Waals surface area (Å²) < 4.78 is 1.94. The quantitative estimate of drug-likeness (QED) is 0.793. The molecule has 0 bridgehead atoms. The fourth-order valence-electron chi connectivity index (χ4n) is 1.96. The van der Waals surface area contributed by atoms with Crippen molar-refractivity contribution in [3.8, 4) is 0 Å². The first kappa shape index (κ1) is 11.4. The van der Waals surface area contributed by atoms with E-state index in [-0.39, 0.29) is 11.8 Å². The SMILES string of the molecule is CC(=O)C1=CCC(c2ccccc2)N(S)C1. The summed E-state index contributed by atoms with van der Waals surface area (Å²) in [6.45, 7) is 2.23. The van der Waals surface area contributed by atoms with Gasteiger partial charge in [0, 0.05) is 18.2 Å². The van der Waals surface area contributed by atoms with E-state index < -0.39 is 0 Å². The van der Waals surface area contributed by atoms with Gasteiger partial charge >= 0.3 is 0 Å². The smallest absolute Gasteiger partial charge is 0.156 e. The van der Waals surface area contributed by atoms with Gasteiger partial charge in [0.25, 0.3) is 0 Å². The molecule has 1 aliphatic rings. The average Bonchev–Trinajstić information content (AvgIpc) is 2.30. The van der Waals surface area contributed by atoms with E-state index in [4.69, 9.17) is 0 Å². The van der Waals surface area contributed by atoms with Crippen LogP contribution in [0.4, 0.5) is 0 Å². The summed E-state index contributed by atoms with van der Waals surface area (Å²) in [7, 11) is 0. The summed E-state index contributed by atoms with van der Waals surface area (Å²) in [6.07, 6.45) is 2.88. The van der Waals surface area contributed by atoms with Crippen molar-refractivity contribution in [1.29, 1.82) is 0 Å². The van der Waals surface area contributed by atoms with Crippen molar-refractivity contribution in [3.63, 3.8) is 0 Å². The van der Waals surface area contributed by atoms with Crippen molar-refractivity contribution in [3.05, 3.63) is 47.5 Å². The van der Waals surface area contributed by atoms with Crippen LogP contribution in [0.2, 0.25) is 0 Å². The summed E-state index contributed by atoms with van der Waals surface area (Å²) >= 11 is 4.46. The van der Waals surface area contributed by atoms with Gasteiger partial charge in [-0.05, 0) is 18.9 Å². The molecule has 1 unspecified atom stereocenters. The van der Waals surface area contributed by atoms with Crippen molar-refractivity contribution in [2.75, 3.05) is 6.54 Å². The number of carbonyl (C=O) groups is 1. The van der Waals surface area contributed by atoms with Gasteiger partial charge < -0.3 is 0 Å². The van der Waals surface area contributed by atoms with Crippen LogP contribution < -0.4 is 0 Å². The van der Waals surface area contributed by atoms with Crippen LogP contribution in [-0.4, -0.2) is 16.6 Å². The molecule has 84 valence electrons. The predicted octanol–water partition coefficient (Wildman–Crippen LogP) is 2.79. The maximum absolute atomic E-state index is 11.3. The molecule has 0 amide bonds. The highest BCUT2D eigenvalue weighted by Gasteiger charge is 2.23. The van der Waals surface area contributed by atoms with Crippen LogP contribution in [-0.2, 0) is 4.79 Å². The Balaban J connectivity index is 2.19. The minimum atomic E-state index is 0.144. The molecular formula is C13H15NOS. The lowest BCUT2D eigenvalue weighted by Gasteiger charge is -2.30. The second-order valence-electron chi connectivity index (χ2n) is 4.05. The number of Topliss-reactive ketones (excluding diaryl/α,β-unsaturated/α-hetero) is 1. The second-order valence-corrected chi connectivity index (χ2v) is 4.56. The van der Waals surface area contributed by atoms with Gasteiger partial charge in [-0.15, -0.1) is 0 Å². The Kier molecular flexibility index (Phi) is 3.46. The molecule has 0 radical (unpaired) electrons. The Morgan fingerprint density at radius 3 is 2.62 bits per heavy atom. The topological polar surface area (TPSA) is 20.3 Å². The Bertz CT molecular complexity index is 413. The molecule has 1 atom stereocenters. The average molecular weight is 233 g/mol. The molecule has 2 nitrogen and oxygen atoms in total. The van der Waals surface area contributed by atoms with Crippen molar-refractivity contribution in [2.24, 2.45) is 0 Å². The molecule has 1 heterocycles. The van der Waals surface area contributed by atoms with Crippen molar-refractivity contribution < 1.29 is 4.79 Å². The molecule has 1 aromatic rings. The summed E-state index contributed by atoms with van der Waals surface area (Å²) in [4.78, 5) is 11.3. The number of hydrogen-bond donors (Lipinski definition) is 1. The highest BCUT2D eigenvalue weighted by atomic mass is 32.1. The van der Waals surface area contributed by atoms with Gasteiger partial charge in [0.2, 0.25) is 0 Å². The second kappa shape index (κ2) is 4.85. The zero-order chi connectivity index (χ0) is 11.5. The molecule has 0 N–H and O–H groups in total.